The molecule has 1 aromatic heterocycles. The van der Waals surface area contributed by atoms with Crippen LogP contribution in [0, 0.1) is 0 Å². The second-order valence-electron chi connectivity index (χ2n) is 5.35. The van der Waals surface area contributed by atoms with Crippen molar-refractivity contribution in [3.63, 3.8) is 0 Å². The number of aromatic nitrogens is 4. The Labute approximate surface area is 144 Å². The van der Waals surface area contributed by atoms with Gasteiger partial charge in [0.2, 0.25) is 11.1 Å². The highest BCUT2D eigenvalue weighted by Crippen LogP contribution is 2.35. The summed E-state index contributed by atoms with van der Waals surface area (Å²) in [6, 6.07) is 19.3. The lowest BCUT2D eigenvalue weighted by Gasteiger charge is -2.20. The minimum Gasteiger partial charge on any atom is -0.348 e. The average molecular weight is 339 g/mol. The fourth-order valence-corrected chi connectivity index (χ4v) is 3.35. The molecule has 0 aliphatic heterocycles. The van der Waals surface area contributed by atoms with Crippen LogP contribution in [-0.4, -0.2) is 45.1 Å². The van der Waals surface area contributed by atoms with E-state index in [1.807, 2.05) is 60.7 Å². The molecule has 0 bridgehead atoms. The van der Waals surface area contributed by atoms with Crippen molar-refractivity contribution in [3.8, 4) is 5.69 Å². The second kappa shape index (κ2) is 7.27. The SMILES string of the molecule is CN(C)C(=O)[C@@H](Sc1nnnn1-c1ccccc1)c1ccccc1. The van der Waals surface area contributed by atoms with Crippen LogP contribution in [0.15, 0.2) is 65.8 Å². The predicted octanol–water partition coefficient (Wildman–Crippen LogP) is 2.58. The summed E-state index contributed by atoms with van der Waals surface area (Å²) in [6.07, 6.45) is 0. The molecule has 7 heteroatoms. The summed E-state index contributed by atoms with van der Waals surface area (Å²) in [5, 5.41) is 12.1. The molecule has 6 nitrogen and oxygen atoms in total. The van der Waals surface area contributed by atoms with Crippen LogP contribution in [0.25, 0.3) is 5.69 Å². The maximum atomic E-state index is 12.6. The predicted molar refractivity (Wildman–Crippen MR) is 92.9 cm³/mol. The molecule has 122 valence electrons. The van der Waals surface area contributed by atoms with Gasteiger partial charge in [-0.15, -0.1) is 5.10 Å². The molecule has 0 unspecified atom stereocenters. The number of para-hydroxylation sites is 1. The largest absolute Gasteiger partial charge is 0.348 e. The Morgan fingerprint density at radius 2 is 1.67 bits per heavy atom. The summed E-state index contributed by atoms with van der Waals surface area (Å²) in [4.78, 5) is 14.2. The summed E-state index contributed by atoms with van der Waals surface area (Å²) in [5.74, 6) is -0.00573. The first kappa shape index (κ1) is 16.2. The molecular formula is C17H17N5OS. The molecule has 0 saturated carbocycles. The third-order valence-electron chi connectivity index (χ3n) is 3.43. The van der Waals surface area contributed by atoms with E-state index in [4.69, 9.17) is 0 Å². The van der Waals surface area contributed by atoms with E-state index in [-0.39, 0.29) is 5.91 Å². The van der Waals surface area contributed by atoms with Gasteiger partial charge in [0, 0.05) is 14.1 Å². The van der Waals surface area contributed by atoms with Gasteiger partial charge in [-0.3, -0.25) is 4.79 Å². The highest BCUT2D eigenvalue weighted by molar-refractivity contribution is 8.00. The van der Waals surface area contributed by atoms with Gasteiger partial charge in [0.1, 0.15) is 5.25 Å². The number of thioether (sulfide) groups is 1. The maximum Gasteiger partial charge on any atom is 0.240 e. The zero-order chi connectivity index (χ0) is 16.9. The van der Waals surface area contributed by atoms with Gasteiger partial charge in [-0.1, -0.05) is 60.3 Å². The van der Waals surface area contributed by atoms with Crippen molar-refractivity contribution >= 4 is 17.7 Å². The lowest BCUT2D eigenvalue weighted by atomic mass is 10.1. The van der Waals surface area contributed by atoms with Crippen molar-refractivity contribution in [1.82, 2.24) is 25.1 Å². The third-order valence-corrected chi connectivity index (χ3v) is 4.61. The van der Waals surface area contributed by atoms with Crippen molar-refractivity contribution in [3.05, 3.63) is 66.2 Å². The van der Waals surface area contributed by atoms with Crippen LogP contribution in [-0.2, 0) is 4.79 Å². The third kappa shape index (κ3) is 3.46. The lowest BCUT2D eigenvalue weighted by Crippen LogP contribution is -2.27. The van der Waals surface area contributed by atoms with E-state index in [0.717, 1.165) is 11.3 Å². The first-order valence-electron chi connectivity index (χ1n) is 7.43. The number of hydrogen-bond donors (Lipinski definition) is 0. The Bertz CT molecular complexity index is 804. The molecule has 1 atom stereocenters. The number of nitrogens with zero attached hydrogens (tertiary/aromatic N) is 5. The highest BCUT2D eigenvalue weighted by Gasteiger charge is 2.26. The number of tetrazole rings is 1. The van der Waals surface area contributed by atoms with E-state index in [2.05, 4.69) is 15.5 Å². The molecule has 24 heavy (non-hydrogen) atoms. The molecule has 3 rings (SSSR count). The van der Waals surface area contributed by atoms with E-state index >= 15 is 0 Å². The van der Waals surface area contributed by atoms with Crippen LogP contribution < -0.4 is 0 Å². The zero-order valence-corrected chi connectivity index (χ0v) is 14.2. The number of amides is 1. The Kier molecular flexibility index (Phi) is 4.90. The Balaban J connectivity index is 1.95. The minimum atomic E-state index is -0.408. The quantitative estimate of drug-likeness (QED) is 0.669. The second-order valence-corrected chi connectivity index (χ2v) is 6.42. The Morgan fingerprint density at radius 3 is 2.29 bits per heavy atom. The molecule has 3 aromatic rings. The summed E-state index contributed by atoms with van der Waals surface area (Å²) in [7, 11) is 3.50. The summed E-state index contributed by atoms with van der Waals surface area (Å²) >= 11 is 1.34. The highest BCUT2D eigenvalue weighted by atomic mass is 32.2. The van der Waals surface area contributed by atoms with Crippen molar-refractivity contribution in [2.24, 2.45) is 0 Å². The molecule has 1 amide bonds. The first-order chi connectivity index (χ1) is 11.7. The Hall–Kier alpha value is -2.67. The van der Waals surface area contributed by atoms with Gasteiger partial charge in [0.05, 0.1) is 5.69 Å². The molecule has 0 N–H and O–H groups in total. The molecule has 0 aliphatic carbocycles. The van der Waals surface area contributed by atoms with Crippen LogP contribution in [0.5, 0.6) is 0 Å². The number of hydrogen-bond acceptors (Lipinski definition) is 5. The van der Waals surface area contributed by atoms with E-state index in [1.165, 1.54) is 11.8 Å². The summed E-state index contributed by atoms with van der Waals surface area (Å²) < 4.78 is 1.64. The van der Waals surface area contributed by atoms with Crippen LogP contribution in [0.3, 0.4) is 0 Å². The Morgan fingerprint density at radius 1 is 1.04 bits per heavy atom. The molecule has 0 saturated heterocycles. The molecule has 0 radical (unpaired) electrons. The van der Waals surface area contributed by atoms with Crippen molar-refractivity contribution in [2.75, 3.05) is 14.1 Å². The van der Waals surface area contributed by atoms with E-state index in [0.29, 0.717) is 5.16 Å². The maximum absolute atomic E-state index is 12.6. The molecule has 0 aliphatic rings. The smallest absolute Gasteiger partial charge is 0.240 e. The average Bonchev–Trinajstić information content (AvgIpc) is 3.09. The monoisotopic (exact) mass is 339 g/mol. The van der Waals surface area contributed by atoms with Crippen molar-refractivity contribution in [1.29, 1.82) is 0 Å². The fourth-order valence-electron chi connectivity index (χ4n) is 2.21. The molecule has 0 spiro atoms. The van der Waals surface area contributed by atoms with Crippen LogP contribution in [0.2, 0.25) is 0 Å². The molecular weight excluding hydrogens is 322 g/mol. The number of benzene rings is 2. The van der Waals surface area contributed by atoms with Crippen molar-refractivity contribution < 1.29 is 4.79 Å². The summed E-state index contributed by atoms with van der Waals surface area (Å²) in [6.45, 7) is 0. The topological polar surface area (TPSA) is 63.9 Å². The van der Waals surface area contributed by atoms with Gasteiger partial charge in [-0.05, 0) is 28.1 Å². The number of likely N-dealkylation sites (N-methyl/N-ethyl adjacent to an activating group) is 1. The van der Waals surface area contributed by atoms with E-state index in [9.17, 15) is 4.79 Å². The summed E-state index contributed by atoms with van der Waals surface area (Å²) in [5.41, 5.74) is 1.78. The molecule has 1 heterocycles. The standard InChI is InChI=1S/C17H17N5OS/c1-21(2)16(23)15(13-9-5-3-6-10-13)24-17-18-19-20-22(17)14-11-7-4-8-12-14/h3-12,15H,1-2H3/t15-/m0/s1. The normalized spacial score (nSPS) is 11.9. The van der Waals surface area contributed by atoms with Crippen LogP contribution in [0.1, 0.15) is 10.8 Å². The van der Waals surface area contributed by atoms with Gasteiger partial charge in [0.25, 0.3) is 0 Å². The molecule has 2 aromatic carbocycles. The van der Waals surface area contributed by atoms with Crippen molar-refractivity contribution in [2.45, 2.75) is 10.4 Å². The van der Waals surface area contributed by atoms with Gasteiger partial charge in [0.15, 0.2) is 0 Å². The zero-order valence-electron chi connectivity index (χ0n) is 13.4. The lowest BCUT2D eigenvalue weighted by molar-refractivity contribution is -0.128. The van der Waals surface area contributed by atoms with E-state index < -0.39 is 5.25 Å². The van der Waals surface area contributed by atoms with E-state index in [1.54, 1.807) is 23.7 Å². The molecule has 0 fully saturated rings. The van der Waals surface area contributed by atoms with Gasteiger partial charge < -0.3 is 4.90 Å². The van der Waals surface area contributed by atoms with Gasteiger partial charge in [-0.25, -0.2) is 0 Å². The number of carbonyl (C=O) groups excluding carboxylic acids is 1. The first-order valence-corrected chi connectivity index (χ1v) is 8.31. The fraction of sp³-hybridized carbons (Fsp3) is 0.176. The van der Waals surface area contributed by atoms with Crippen LogP contribution in [0.4, 0.5) is 0 Å². The number of rotatable bonds is 5. The van der Waals surface area contributed by atoms with Gasteiger partial charge in [-0.2, -0.15) is 4.68 Å². The minimum absolute atomic E-state index is 0.00573. The van der Waals surface area contributed by atoms with Gasteiger partial charge >= 0.3 is 0 Å². The van der Waals surface area contributed by atoms with Crippen LogP contribution >= 0.6 is 11.8 Å². The number of carbonyl (C=O) groups is 1.